The van der Waals surface area contributed by atoms with Gasteiger partial charge in [-0.05, 0) is 103 Å². The number of hydrazine groups is 1. The van der Waals surface area contributed by atoms with Gasteiger partial charge in [0.2, 0.25) is 0 Å². The molecule has 0 bridgehead atoms. The molecule has 48 heavy (non-hydrogen) atoms. The van der Waals surface area contributed by atoms with Crippen LogP contribution in [0.1, 0.15) is 98.4 Å². The van der Waals surface area contributed by atoms with Gasteiger partial charge in [-0.2, -0.15) is 0 Å². The second-order valence-electron chi connectivity index (χ2n) is 8.90. The highest BCUT2D eigenvalue weighted by atomic mass is 32.2. The maximum absolute atomic E-state index is 6.28. The summed E-state index contributed by atoms with van der Waals surface area (Å²) in [6.45, 7) is 20.8. The SMILES string of the molecule is C.C.C.CC(=N)N.CC=NC.CN(C)C.CN=C(C)C.CN=C(C)C.CN=C(C)C.CN=C(C)NN.CN=C(C)OC.CN=C(C)SC. The predicted molar refractivity (Wildman–Crippen MR) is 237 cm³/mol. The van der Waals surface area contributed by atoms with E-state index < -0.39 is 0 Å². The number of hydrogen-bond donors (Lipinski definition) is 4. The Bertz CT molecular complexity index is 685. The molecule has 0 amide bonds. The van der Waals surface area contributed by atoms with Crippen molar-refractivity contribution in [2.45, 2.75) is 98.4 Å². The molecule has 0 radical (unpaired) electrons. The summed E-state index contributed by atoms with van der Waals surface area (Å²) < 4.78 is 4.65. The number of rotatable bonds is 0. The Balaban J connectivity index is -0.0000000303. The van der Waals surface area contributed by atoms with Crippen LogP contribution in [0.25, 0.3) is 0 Å². The summed E-state index contributed by atoms with van der Waals surface area (Å²) in [5.41, 5.74) is 10.4. The second kappa shape index (κ2) is 79.5. The molecule has 14 heteroatoms. The fourth-order valence-corrected chi connectivity index (χ4v) is 0.430. The van der Waals surface area contributed by atoms with Gasteiger partial charge < -0.3 is 25.8 Å². The van der Waals surface area contributed by atoms with E-state index in [1.54, 1.807) is 88.3 Å². The van der Waals surface area contributed by atoms with Crippen molar-refractivity contribution in [3.05, 3.63) is 0 Å². The molecule has 0 atom stereocenters. The van der Waals surface area contributed by atoms with Crippen LogP contribution in [0.15, 0.2) is 34.9 Å². The lowest BCUT2D eigenvalue weighted by Gasteiger charge is -1.90. The molecule has 0 unspecified atom stereocenters. The Hall–Kier alpha value is -2.97. The third-order valence-electron chi connectivity index (χ3n) is 3.36. The first-order valence-electron chi connectivity index (χ1n) is 14.0. The van der Waals surface area contributed by atoms with Gasteiger partial charge in [-0.15, -0.1) is 11.8 Å². The van der Waals surface area contributed by atoms with Gasteiger partial charge in [0, 0.05) is 73.4 Å². The van der Waals surface area contributed by atoms with Gasteiger partial charge in [0.05, 0.1) is 18.0 Å². The van der Waals surface area contributed by atoms with Crippen molar-refractivity contribution < 1.29 is 4.74 Å². The van der Waals surface area contributed by atoms with E-state index in [-0.39, 0.29) is 28.1 Å². The normalized spacial score (nSPS) is 8.65. The minimum absolute atomic E-state index is 0. The van der Waals surface area contributed by atoms with Crippen molar-refractivity contribution in [3.63, 3.8) is 0 Å². The van der Waals surface area contributed by atoms with Crippen molar-refractivity contribution >= 4 is 57.7 Å². The van der Waals surface area contributed by atoms with E-state index in [2.05, 4.69) is 45.1 Å². The average Bonchev–Trinajstić information content (AvgIpc) is 3.00. The highest BCUT2D eigenvalue weighted by molar-refractivity contribution is 8.13. The zero-order chi connectivity index (χ0) is 38.4. The van der Waals surface area contributed by atoms with Crippen LogP contribution in [-0.4, -0.2) is 135 Å². The summed E-state index contributed by atoms with van der Waals surface area (Å²) >= 11 is 1.67. The quantitative estimate of drug-likeness (QED) is 0.0866. The number of methoxy groups -OCH3 is 1. The van der Waals surface area contributed by atoms with Crippen molar-refractivity contribution in [3.8, 4) is 0 Å². The van der Waals surface area contributed by atoms with Crippen molar-refractivity contribution in [2.75, 3.05) is 83.8 Å². The van der Waals surface area contributed by atoms with Crippen LogP contribution >= 0.6 is 11.8 Å². The molecule has 0 aromatic rings. The fraction of sp³-hybridized carbons (Fsp3) is 0.765. The van der Waals surface area contributed by atoms with Crippen molar-refractivity contribution in [1.82, 2.24) is 10.3 Å². The number of ether oxygens (including phenoxy) is 1. The van der Waals surface area contributed by atoms with Gasteiger partial charge in [-0.25, -0.2) is 5.84 Å². The van der Waals surface area contributed by atoms with E-state index in [1.165, 1.54) is 6.92 Å². The molecular formula is C34H88N12OS. The topological polar surface area (TPSA) is 187 Å². The highest BCUT2D eigenvalue weighted by Crippen LogP contribution is 1.93. The van der Waals surface area contributed by atoms with Gasteiger partial charge in [-0.3, -0.25) is 35.4 Å². The monoisotopic (exact) mass is 713 g/mol. The van der Waals surface area contributed by atoms with Crippen LogP contribution in [0, 0.1) is 5.41 Å². The summed E-state index contributed by atoms with van der Waals surface area (Å²) in [6, 6.07) is 0. The number of nitrogens with two attached hydrogens (primary N) is 2. The summed E-state index contributed by atoms with van der Waals surface area (Å²) in [4.78, 5) is 28.3. The van der Waals surface area contributed by atoms with Crippen molar-refractivity contribution in [1.29, 1.82) is 5.41 Å². The molecule has 0 aliphatic heterocycles. The van der Waals surface area contributed by atoms with Crippen LogP contribution in [0.2, 0.25) is 0 Å². The lowest BCUT2D eigenvalue weighted by atomic mass is 10.5. The average molecular weight is 713 g/mol. The molecular weight excluding hydrogens is 625 g/mol. The van der Waals surface area contributed by atoms with Crippen LogP contribution in [0.3, 0.4) is 0 Å². The number of nitrogens with zero attached hydrogens (tertiary/aromatic N) is 8. The van der Waals surface area contributed by atoms with E-state index in [4.69, 9.17) is 17.0 Å². The van der Waals surface area contributed by atoms with Crippen LogP contribution in [0.5, 0.6) is 0 Å². The third kappa shape index (κ3) is 296. The zero-order valence-corrected chi connectivity index (χ0v) is 34.4. The smallest absolute Gasteiger partial charge is 0.179 e. The first kappa shape index (κ1) is 80.0. The molecule has 0 spiro atoms. The second-order valence-corrected chi connectivity index (χ2v) is 9.90. The molecule has 13 nitrogen and oxygen atoms in total. The van der Waals surface area contributed by atoms with E-state index in [1.807, 2.05) is 87.7 Å². The number of aliphatic imine (C=N–C) groups is 7. The lowest BCUT2D eigenvalue weighted by molar-refractivity contribution is 0.399. The molecule has 0 aliphatic carbocycles. The molecule has 0 fully saturated rings. The number of amidine groups is 2. The predicted octanol–water partition coefficient (Wildman–Crippen LogP) is 7.60. The highest BCUT2D eigenvalue weighted by Gasteiger charge is 1.75. The minimum atomic E-state index is 0. The molecule has 6 N–H and O–H groups in total. The van der Waals surface area contributed by atoms with Crippen LogP contribution in [-0.2, 0) is 4.74 Å². The minimum Gasteiger partial charge on any atom is -0.485 e. The van der Waals surface area contributed by atoms with Gasteiger partial charge in [-0.1, -0.05) is 22.3 Å². The summed E-state index contributed by atoms with van der Waals surface area (Å²) in [5, 5.41) is 7.41. The molecule has 0 heterocycles. The molecule has 0 aliphatic rings. The zero-order valence-electron chi connectivity index (χ0n) is 33.6. The van der Waals surface area contributed by atoms with Gasteiger partial charge in [0.25, 0.3) is 0 Å². The Kier molecular flexibility index (Phi) is 132. The third-order valence-corrected chi connectivity index (χ3v) is 4.14. The maximum atomic E-state index is 6.28. The Morgan fingerprint density at radius 2 is 0.896 bits per heavy atom. The summed E-state index contributed by atoms with van der Waals surface area (Å²) in [5.74, 6) is 6.53. The number of thioether (sulfide) groups is 1. The molecule has 0 saturated carbocycles. The van der Waals surface area contributed by atoms with Crippen LogP contribution in [0.4, 0.5) is 0 Å². The number of hydrogen-bond acceptors (Lipinski definition) is 12. The number of nitrogens with one attached hydrogen (secondary N) is 2. The largest absolute Gasteiger partial charge is 0.485 e. The first-order chi connectivity index (χ1) is 20.6. The molecule has 0 aromatic heterocycles. The Morgan fingerprint density at radius 1 is 0.667 bits per heavy atom. The van der Waals surface area contributed by atoms with Crippen molar-refractivity contribution in [2.24, 2.45) is 46.5 Å². The fourth-order valence-electron chi connectivity index (χ4n) is 0.247. The van der Waals surface area contributed by atoms with E-state index in [9.17, 15) is 0 Å². The summed E-state index contributed by atoms with van der Waals surface area (Å²) in [6.07, 6.45) is 3.77. The molecule has 0 saturated heterocycles. The summed E-state index contributed by atoms with van der Waals surface area (Å²) in [7, 11) is 19.9. The maximum Gasteiger partial charge on any atom is 0.179 e. The van der Waals surface area contributed by atoms with E-state index in [0.717, 1.165) is 33.9 Å². The standard InChI is InChI=1S/C4H9NO.C4H9NS.3C4H9N.C3H9N3.C3H9N.C3H7N.C2H6N2.3CH4/c2*1-4(5-2)6-3;3*1-4(2)5-3;1-3(5-2)6-4;1-4(2)3;1-3-4-2;1-2(3)4;;;/h2*1-3H3;3*1-3H3;4H2,1-2H3,(H,5,6);1-3H3;3H,1-2H3;1H3,(H3,3,4);3*1H4. The van der Waals surface area contributed by atoms with Crippen LogP contribution < -0.4 is 17.0 Å². The Morgan fingerprint density at radius 3 is 0.896 bits per heavy atom. The van der Waals surface area contributed by atoms with E-state index >= 15 is 0 Å². The van der Waals surface area contributed by atoms with Gasteiger partial charge in [0.15, 0.2) is 5.90 Å². The van der Waals surface area contributed by atoms with E-state index in [0.29, 0.717) is 0 Å². The molecule has 0 aromatic carbocycles. The van der Waals surface area contributed by atoms with Gasteiger partial charge >= 0.3 is 0 Å². The first-order valence-corrected chi connectivity index (χ1v) is 15.2. The van der Waals surface area contributed by atoms with Gasteiger partial charge in [0.1, 0.15) is 5.84 Å². The Labute approximate surface area is 306 Å². The molecule has 296 valence electrons. The molecule has 0 rings (SSSR count). The lowest BCUT2D eigenvalue weighted by Crippen LogP contribution is -2.27.